The molecule has 12 heavy (non-hydrogen) atoms. The number of alkyl halides is 1. The Morgan fingerprint density at radius 3 is 2.83 bits per heavy atom. The maximum atomic E-state index is 3.61. The summed E-state index contributed by atoms with van der Waals surface area (Å²) >= 11 is 3.61. The molecule has 2 heteroatoms. The Morgan fingerprint density at radius 2 is 2.33 bits per heavy atom. The fourth-order valence-electron chi connectivity index (χ4n) is 2.99. The number of hydrogen-bond donors (Lipinski definition) is 0. The molecule has 0 aromatic carbocycles. The van der Waals surface area contributed by atoms with Gasteiger partial charge in [-0.2, -0.15) is 0 Å². The zero-order valence-electron chi connectivity index (χ0n) is 7.85. The van der Waals surface area contributed by atoms with Crippen molar-refractivity contribution in [1.29, 1.82) is 0 Å². The normalized spacial score (nSPS) is 43.0. The van der Waals surface area contributed by atoms with Gasteiger partial charge in [-0.05, 0) is 50.6 Å². The summed E-state index contributed by atoms with van der Waals surface area (Å²) in [6.45, 7) is 2.69. The number of nitrogens with zero attached hydrogens (tertiary/aromatic N) is 1. The average molecular weight is 232 g/mol. The molecule has 2 atom stereocenters. The second kappa shape index (κ2) is 3.30. The van der Waals surface area contributed by atoms with E-state index in [-0.39, 0.29) is 0 Å². The minimum absolute atomic E-state index is 0.729. The van der Waals surface area contributed by atoms with Gasteiger partial charge in [-0.25, -0.2) is 0 Å². The molecule has 0 radical (unpaired) electrons. The van der Waals surface area contributed by atoms with E-state index in [1.54, 1.807) is 0 Å². The van der Waals surface area contributed by atoms with Crippen LogP contribution in [0.2, 0.25) is 0 Å². The summed E-state index contributed by atoms with van der Waals surface area (Å²) in [7, 11) is 2.26. The monoisotopic (exact) mass is 231 g/mol. The van der Waals surface area contributed by atoms with Crippen LogP contribution in [-0.2, 0) is 0 Å². The van der Waals surface area contributed by atoms with E-state index in [1.807, 2.05) is 0 Å². The first-order chi connectivity index (χ1) is 5.74. The fraction of sp³-hybridized carbons (Fsp3) is 1.00. The van der Waals surface area contributed by atoms with Crippen molar-refractivity contribution in [1.82, 2.24) is 4.90 Å². The van der Waals surface area contributed by atoms with Crippen LogP contribution in [0.4, 0.5) is 0 Å². The Bertz CT molecular complexity index is 171. The fourth-order valence-corrected chi connectivity index (χ4v) is 3.54. The van der Waals surface area contributed by atoms with Gasteiger partial charge in [-0.3, -0.25) is 0 Å². The van der Waals surface area contributed by atoms with Crippen molar-refractivity contribution in [3.8, 4) is 0 Å². The first-order valence-corrected chi connectivity index (χ1v) is 6.11. The van der Waals surface area contributed by atoms with Crippen LogP contribution in [0, 0.1) is 11.3 Å². The van der Waals surface area contributed by atoms with Crippen molar-refractivity contribution in [3.05, 3.63) is 0 Å². The first-order valence-electron chi connectivity index (χ1n) is 4.99. The molecule has 0 aromatic heterocycles. The van der Waals surface area contributed by atoms with E-state index >= 15 is 0 Å². The van der Waals surface area contributed by atoms with Gasteiger partial charge >= 0.3 is 0 Å². The van der Waals surface area contributed by atoms with Crippen LogP contribution in [0.5, 0.6) is 0 Å². The van der Waals surface area contributed by atoms with Gasteiger partial charge < -0.3 is 4.90 Å². The predicted molar refractivity (Wildman–Crippen MR) is 55.7 cm³/mol. The van der Waals surface area contributed by atoms with Crippen molar-refractivity contribution in [2.45, 2.75) is 25.7 Å². The Morgan fingerprint density at radius 1 is 1.50 bits per heavy atom. The van der Waals surface area contributed by atoms with E-state index in [1.165, 1.54) is 44.1 Å². The number of hydrogen-bond acceptors (Lipinski definition) is 1. The lowest BCUT2D eigenvalue weighted by Gasteiger charge is -2.22. The lowest BCUT2D eigenvalue weighted by Crippen LogP contribution is -2.22. The summed E-state index contributed by atoms with van der Waals surface area (Å²) in [5.41, 5.74) is 0.729. The van der Waals surface area contributed by atoms with E-state index in [4.69, 9.17) is 0 Å². The molecule has 2 rings (SSSR count). The number of halogens is 1. The predicted octanol–water partition coefficient (Wildman–Crippen LogP) is 2.50. The average Bonchev–Trinajstić information content (AvgIpc) is 2.61. The molecule has 1 nitrogen and oxygen atoms in total. The summed E-state index contributed by atoms with van der Waals surface area (Å²) in [5, 5.41) is 1.22. The third kappa shape index (κ3) is 1.56. The highest BCUT2D eigenvalue weighted by atomic mass is 79.9. The van der Waals surface area contributed by atoms with Gasteiger partial charge in [0.05, 0.1) is 0 Å². The largest absolute Gasteiger partial charge is 0.306 e. The van der Waals surface area contributed by atoms with Gasteiger partial charge in [0.1, 0.15) is 0 Å². The molecular formula is C10H18BrN. The molecule has 0 unspecified atom stereocenters. The standard InChI is InChI=1S/C10H18BrN/c1-12-5-4-10(8-12)3-2-9(6-10)7-11/h9H,2-8H2,1H3/t9-,10-/m1/s1. The summed E-state index contributed by atoms with van der Waals surface area (Å²) in [4.78, 5) is 2.50. The van der Waals surface area contributed by atoms with E-state index in [2.05, 4.69) is 27.9 Å². The summed E-state index contributed by atoms with van der Waals surface area (Å²) < 4.78 is 0. The topological polar surface area (TPSA) is 3.24 Å². The Kier molecular flexibility index (Phi) is 2.48. The Labute approximate surface area is 83.6 Å². The highest BCUT2D eigenvalue weighted by Gasteiger charge is 2.42. The Balaban J connectivity index is 1.97. The molecule has 1 heterocycles. The van der Waals surface area contributed by atoms with E-state index in [9.17, 15) is 0 Å². The van der Waals surface area contributed by atoms with Gasteiger partial charge in [0.15, 0.2) is 0 Å². The molecule has 0 bridgehead atoms. The second-order valence-electron chi connectivity index (χ2n) is 4.75. The van der Waals surface area contributed by atoms with Crippen LogP contribution >= 0.6 is 15.9 Å². The lowest BCUT2D eigenvalue weighted by atomic mass is 9.85. The quantitative estimate of drug-likeness (QED) is 0.628. The zero-order chi connectivity index (χ0) is 8.60. The summed E-state index contributed by atoms with van der Waals surface area (Å²) in [5.74, 6) is 0.969. The summed E-state index contributed by atoms with van der Waals surface area (Å²) in [6, 6.07) is 0. The highest BCUT2D eigenvalue weighted by molar-refractivity contribution is 9.09. The Hall–Kier alpha value is 0.440. The minimum atomic E-state index is 0.729. The molecule has 1 aliphatic heterocycles. The second-order valence-corrected chi connectivity index (χ2v) is 5.40. The van der Waals surface area contributed by atoms with Crippen molar-refractivity contribution in [3.63, 3.8) is 0 Å². The van der Waals surface area contributed by atoms with Gasteiger partial charge in [-0.15, -0.1) is 0 Å². The zero-order valence-corrected chi connectivity index (χ0v) is 9.44. The van der Waals surface area contributed by atoms with Crippen molar-refractivity contribution in [2.24, 2.45) is 11.3 Å². The van der Waals surface area contributed by atoms with Crippen LogP contribution in [0.15, 0.2) is 0 Å². The molecular weight excluding hydrogens is 214 g/mol. The lowest BCUT2D eigenvalue weighted by molar-refractivity contribution is 0.282. The van der Waals surface area contributed by atoms with E-state index < -0.39 is 0 Å². The smallest absolute Gasteiger partial charge is 0.00598 e. The SMILES string of the molecule is CN1CC[C@@]2(CC[C@@H](CBr)C2)C1. The van der Waals surface area contributed by atoms with E-state index in [0.29, 0.717) is 0 Å². The molecule has 2 aliphatic rings. The third-order valence-electron chi connectivity index (χ3n) is 3.65. The van der Waals surface area contributed by atoms with Crippen molar-refractivity contribution < 1.29 is 0 Å². The molecule has 2 fully saturated rings. The van der Waals surface area contributed by atoms with Crippen LogP contribution in [0.3, 0.4) is 0 Å². The van der Waals surface area contributed by atoms with Gasteiger partial charge in [-0.1, -0.05) is 15.9 Å². The summed E-state index contributed by atoms with van der Waals surface area (Å²) in [6.07, 6.45) is 5.86. The van der Waals surface area contributed by atoms with Crippen LogP contribution < -0.4 is 0 Å². The third-order valence-corrected chi connectivity index (χ3v) is 4.57. The molecule has 1 aliphatic carbocycles. The molecule has 0 N–H and O–H groups in total. The maximum absolute atomic E-state index is 3.61. The van der Waals surface area contributed by atoms with Crippen molar-refractivity contribution in [2.75, 3.05) is 25.5 Å². The van der Waals surface area contributed by atoms with Crippen LogP contribution in [0.25, 0.3) is 0 Å². The molecule has 0 amide bonds. The van der Waals surface area contributed by atoms with Crippen LogP contribution in [-0.4, -0.2) is 30.4 Å². The van der Waals surface area contributed by atoms with Gasteiger partial charge in [0.25, 0.3) is 0 Å². The molecule has 1 saturated heterocycles. The molecule has 0 aromatic rings. The van der Waals surface area contributed by atoms with Crippen molar-refractivity contribution >= 4 is 15.9 Å². The van der Waals surface area contributed by atoms with Crippen LogP contribution in [0.1, 0.15) is 25.7 Å². The first kappa shape index (κ1) is 9.01. The highest BCUT2D eigenvalue weighted by Crippen LogP contribution is 2.47. The number of rotatable bonds is 1. The van der Waals surface area contributed by atoms with Gasteiger partial charge in [0.2, 0.25) is 0 Å². The molecule has 1 spiro atoms. The minimum Gasteiger partial charge on any atom is -0.306 e. The molecule has 1 saturated carbocycles. The molecule has 70 valence electrons. The van der Waals surface area contributed by atoms with E-state index in [0.717, 1.165) is 11.3 Å². The number of likely N-dealkylation sites (tertiary alicyclic amines) is 1. The maximum Gasteiger partial charge on any atom is 0.00598 e. The van der Waals surface area contributed by atoms with Gasteiger partial charge in [0, 0.05) is 11.9 Å².